The number of anilines is 2. The van der Waals surface area contributed by atoms with Gasteiger partial charge in [0.05, 0.1) is 43.4 Å². The van der Waals surface area contributed by atoms with Crippen LogP contribution < -0.4 is 30.2 Å². The Morgan fingerprint density at radius 2 is 1.47 bits per heavy atom. The molecular weight excluding hydrogens is 646 g/mol. The summed E-state index contributed by atoms with van der Waals surface area (Å²) in [7, 11) is 4.42. The van der Waals surface area contributed by atoms with Crippen LogP contribution >= 0.6 is 23.4 Å². The van der Waals surface area contributed by atoms with Gasteiger partial charge in [-0.3, -0.25) is 14.4 Å². The van der Waals surface area contributed by atoms with E-state index >= 15 is 0 Å². The zero-order chi connectivity index (χ0) is 33.9. The average molecular weight is 676 g/mol. The van der Waals surface area contributed by atoms with Gasteiger partial charge >= 0.3 is 5.97 Å². The van der Waals surface area contributed by atoms with Crippen molar-refractivity contribution in [2.75, 3.05) is 37.7 Å². The number of carboxylic acids is 1. The third-order valence-corrected chi connectivity index (χ3v) is 7.84. The van der Waals surface area contributed by atoms with Crippen LogP contribution in [-0.2, 0) is 9.59 Å². The molecule has 4 N–H and O–H groups in total. The molecule has 3 amide bonds. The highest BCUT2D eigenvalue weighted by Gasteiger charge is 2.18. The molecule has 0 aliphatic heterocycles. The van der Waals surface area contributed by atoms with E-state index < -0.39 is 17.8 Å². The van der Waals surface area contributed by atoms with Gasteiger partial charge in [0.2, 0.25) is 11.7 Å². The number of amides is 3. The first-order valence-electron chi connectivity index (χ1n) is 13.9. The monoisotopic (exact) mass is 675 g/mol. The molecule has 242 valence electrons. The molecule has 0 aliphatic carbocycles. The van der Waals surface area contributed by atoms with Crippen LogP contribution in [0.15, 0.2) is 95.5 Å². The van der Waals surface area contributed by atoms with E-state index in [0.29, 0.717) is 34.1 Å². The highest BCUT2D eigenvalue weighted by atomic mass is 35.5. The molecule has 47 heavy (non-hydrogen) atoms. The molecule has 0 spiro atoms. The van der Waals surface area contributed by atoms with Crippen LogP contribution in [0.5, 0.6) is 17.2 Å². The molecule has 0 atom stereocenters. The van der Waals surface area contributed by atoms with E-state index in [1.807, 2.05) is 0 Å². The number of carbonyl (C=O) groups excluding carboxylic acids is 3. The summed E-state index contributed by atoms with van der Waals surface area (Å²) in [5.41, 5.74) is 1.44. The number of halogens is 1. The zero-order valence-electron chi connectivity index (χ0n) is 25.5. The van der Waals surface area contributed by atoms with Crippen molar-refractivity contribution in [3.05, 3.63) is 112 Å². The van der Waals surface area contributed by atoms with E-state index in [0.717, 1.165) is 4.90 Å². The van der Waals surface area contributed by atoms with Crippen LogP contribution in [0.25, 0.3) is 6.08 Å². The van der Waals surface area contributed by atoms with E-state index in [1.165, 1.54) is 57.4 Å². The highest BCUT2D eigenvalue weighted by Crippen LogP contribution is 2.38. The maximum absolute atomic E-state index is 13.5. The summed E-state index contributed by atoms with van der Waals surface area (Å²) >= 11 is 7.32. The van der Waals surface area contributed by atoms with Crippen LogP contribution in [0, 0.1) is 0 Å². The molecule has 0 heterocycles. The summed E-state index contributed by atoms with van der Waals surface area (Å²) in [4.78, 5) is 51.0. The van der Waals surface area contributed by atoms with Gasteiger partial charge in [0.1, 0.15) is 5.70 Å². The Morgan fingerprint density at radius 1 is 0.809 bits per heavy atom. The molecule has 0 fully saturated rings. The normalized spacial score (nSPS) is 10.9. The summed E-state index contributed by atoms with van der Waals surface area (Å²) in [6.45, 7) is 0. The van der Waals surface area contributed by atoms with Crippen molar-refractivity contribution in [2.45, 2.75) is 4.90 Å². The van der Waals surface area contributed by atoms with Gasteiger partial charge in [-0.25, -0.2) is 4.79 Å². The average Bonchev–Trinajstić information content (AvgIpc) is 3.08. The van der Waals surface area contributed by atoms with Gasteiger partial charge in [0, 0.05) is 16.1 Å². The Hall–Kier alpha value is -5.46. The largest absolute Gasteiger partial charge is 0.493 e. The molecule has 13 heteroatoms. The minimum absolute atomic E-state index is 0.00363. The van der Waals surface area contributed by atoms with Gasteiger partial charge in [-0.15, -0.1) is 11.8 Å². The van der Waals surface area contributed by atoms with Gasteiger partial charge in [0.15, 0.2) is 11.5 Å². The molecular formula is C34H30ClN3O8S. The molecule has 4 rings (SSSR count). The summed E-state index contributed by atoms with van der Waals surface area (Å²) in [5, 5.41) is 17.5. The molecule has 0 unspecified atom stereocenters. The number of carbonyl (C=O) groups is 4. The molecule has 4 aromatic rings. The fraction of sp³-hybridized carbons (Fsp3) is 0.118. The number of nitrogens with one attached hydrogen (secondary N) is 3. The number of thioether (sulfide) groups is 1. The lowest BCUT2D eigenvalue weighted by molar-refractivity contribution is -0.114. The molecule has 0 bridgehead atoms. The Labute approximate surface area is 279 Å². The van der Waals surface area contributed by atoms with E-state index in [1.54, 1.807) is 66.7 Å². The standard InChI is InChI=1S/C34H30ClN3O8S/c1-44-28-16-20(17-29(45-2)31(28)46-3)15-27(38-32(40)21-7-5-4-6-8-21)33(41)36-23-10-12-24(13-11-23)47-19-30(39)37-26-18-22(34(42)43)9-14-25(26)35/h4-18H,19H2,1-3H3,(H,36,41)(H,37,39)(H,38,40)(H,42,43)/b27-15-. The topological polar surface area (TPSA) is 152 Å². The highest BCUT2D eigenvalue weighted by molar-refractivity contribution is 8.00. The lowest BCUT2D eigenvalue weighted by Crippen LogP contribution is -2.30. The molecule has 0 aliphatic rings. The van der Waals surface area contributed by atoms with Crippen LogP contribution in [0.3, 0.4) is 0 Å². The molecule has 0 saturated carbocycles. The second-order valence-corrected chi connectivity index (χ2v) is 11.1. The van der Waals surface area contributed by atoms with E-state index in [9.17, 15) is 24.3 Å². The Bertz CT molecular complexity index is 1790. The molecule has 0 radical (unpaired) electrons. The lowest BCUT2D eigenvalue weighted by atomic mass is 10.1. The second-order valence-electron chi connectivity index (χ2n) is 9.65. The number of hydrogen-bond acceptors (Lipinski definition) is 8. The van der Waals surface area contributed by atoms with Crippen LogP contribution in [0.2, 0.25) is 5.02 Å². The number of hydrogen-bond donors (Lipinski definition) is 4. The molecule has 11 nitrogen and oxygen atoms in total. The molecule has 4 aromatic carbocycles. The van der Waals surface area contributed by atoms with Crippen molar-refractivity contribution < 1.29 is 38.5 Å². The SMILES string of the molecule is COc1cc(/C=C(\NC(=O)c2ccccc2)C(=O)Nc2ccc(SCC(=O)Nc3cc(C(=O)O)ccc3Cl)cc2)cc(OC)c1OC. The van der Waals surface area contributed by atoms with Crippen molar-refractivity contribution in [2.24, 2.45) is 0 Å². The predicted molar refractivity (Wildman–Crippen MR) is 181 cm³/mol. The first-order chi connectivity index (χ1) is 22.6. The third kappa shape index (κ3) is 9.28. The van der Waals surface area contributed by atoms with Gasteiger partial charge in [-0.1, -0.05) is 29.8 Å². The van der Waals surface area contributed by atoms with Crippen molar-refractivity contribution in [3.8, 4) is 17.2 Å². The van der Waals surface area contributed by atoms with Crippen LogP contribution in [-0.4, -0.2) is 55.9 Å². The fourth-order valence-electron chi connectivity index (χ4n) is 4.22. The first-order valence-corrected chi connectivity index (χ1v) is 15.2. The Morgan fingerprint density at radius 3 is 2.06 bits per heavy atom. The smallest absolute Gasteiger partial charge is 0.335 e. The first kappa shape index (κ1) is 34.4. The third-order valence-electron chi connectivity index (χ3n) is 6.50. The number of ether oxygens (including phenoxy) is 3. The Kier molecular flexibility index (Phi) is 11.9. The van der Waals surface area contributed by atoms with E-state index in [4.69, 9.17) is 25.8 Å². The van der Waals surface area contributed by atoms with Crippen molar-refractivity contribution in [3.63, 3.8) is 0 Å². The maximum Gasteiger partial charge on any atom is 0.335 e. The summed E-state index contributed by atoms with van der Waals surface area (Å²) in [6, 6.07) is 22.5. The van der Waals surface area contributed by atoms with Crippen LogP contribution in [0.4, 0.5) is 11.4 Å². The maximum atomic E-state index is 13.5. The van der Waals surface area contributed by atoms with Crippen molar-refractivity contribution in [1.29, 1.82) is 0 Å². The number of benzene rings is 4. The quantitative estimate of drug-likeness (QED) is 0.0958. The minimum atomic E-state index is -1.14. The summed E-state index contributed by atoms with van der Waals surface area (Å²) < 4.78 is 16.2. The summed E-state index contributed by atoms with van der Waals surface area (Å²) in [5.74, 6) is -1.47. The molecule has 0 aromatic heterocycles. The van der Waals surface area contributed by atoms with Crippen molar-refractivity contribution >= 4 is 64.5 Å². The number of aromatic carboxylic acids is 1. The van der Waals surface area contributed by atoms with Crippen LogP contribution in [0.1, 0.15) is 26.3 Å². The van der Waals surface area contributed by atoms with Crippen molar-refractivity contribution in [1.82, 2.24) is 5.32 Å². The minimum Gasteiger partial charge on any atom is -0.493 e. The zero-order valence-corrected chi connectivity index (χ0v) is 27.0. The fourth-order valence-corrected chi connectivity index (χ4v) is 5.08. The summed E-state index contributed by atoms with van der Waals surface area (Å²) in [6.07, 6.45) is 1.49. The lowest BCUT2D eigenvalue weighted by Gasteiger charge is -2.15. The number of carboxylic acid groups (broad SMARTS) is 1. The van der Waals surface area contributed by atoms with Gasteiger partial charge in [0.25, 0.3) is 11.8 Å². The second kappa shape index (κ2) is 16.2. The Balaban J connectivity index is 1.48. The van der Waals surface area contributed by atoms with Gasteiger partial charge in [-0.2, -0.15) is 0 Å². The van der Waals surface area contributed by atoms with Gasteiger partial charge in [-0.05, 0) is 78.4 Å². The predicted octanol–water partition coefficient (Wildman–Crippen LogP) is 6.20. The number of rotatable bonds is 13. The van der Waals surface area contributed by atoms with Gasteiger partial charge < -0.3 is 35.3 Å². The number of methoxy groups -OCH3 is 3. The van der Waals surface area contributed by atoms with E-state index in [2.05, 4.69) is 16.0 Å². The van der Waals surface area contributed by atoms with E-state index in [-0.39, 0.29) is 33.6 Å². The molecule has 0 saturated heterocycles.